The minimum absolute atomic E-state index is 0.151. The number of carbonyl (C=O) groups excluding carboxylic acids is 1. The predicted molar refractivity (Wildman–Crippen MR) is 82.8 cm³/mol. The van der Waals surface area contributed by atoms with Crippen molar-refractivity contribution in [1.29, 1.82) is 0 Å². The maximum absolute atomic E-state index is 12.1. The number of aryl methyl sites for hydroxylation is 2. The first-order chi connectivity index (χ1) is 9.38. The maximum atomic E-state index is 12.1. The highest BCUT2D eigenvalue weighted by Crippen LogP contribution is 2.26. The van der Waals surface area contributed by atoms with Gasteiger partial charge in [-0.25, -0.2) is 4.79 Å². The first-order valence-corrected chi connectivity index (χ1v) is 7.40. The molecule has 2 aromatic rings. The standard InChI is InChI=1S/C14H12BrNO3S/c1-7-5-9(6-8(2)12(7)15)16-13(17)10-3-4-11(20-10)14(18)19/h3-6H,1-2H3,(H,16,17)(H,18,19). The summed E-state index contributed by atoms with van der Waals surface area (Å²) in [5.41, 5.74) is 2.74. The second kappa shape index (κ2) is 5.76. The Kier molecular flexibility index (Phi) is 4.25. The summed E-state index contributed by atoms with van der Waals surface area (Å²) in [5.74, 6) is -1.33. The number of thiophene rings is 1. The summed E-state index contributed by atoms with van der Waals surface area (Å²) >= 11 is 4.43. The number of carboxylic acids is 1. The quantitative estimate of drug-likeness (QED) is 0.873. The number of rotatable bonds is 3. The number of amides is 1. The van der Waals surface area contributed by atoms with Crippen LogP contribution >= 0.6 is 27.3 Å². The second-order valence-electron chi connectivity index (χ2n) is 4.35. The first kappa shape index (κ1) is 14.7. The number of nitrogens with one attached hydrogen (secondary N) is 1. The molecule has 0 spiro atoms. The fourth-order valence-corrected chi connectivity index (χ4v) is 2.75. The molecule has 0 fully saturated rings. The van der Waals surface area contributed by atoms with E-state index in [-0.39, 0.29) is 10.8 Å². The van der Waals surface area contributed by atoms with Crippen LogP contribution in [-0.4, -0.2) is 17.0 Å². The van der Waals surface area contributed by atoms with E-state index < -0.39 is 5.97 Å². The number of benzene rings is 1. The molecule has 0 atom stereocenters. The Morgan fingerprint density at radius 3 is 2.20 bits per heavy atom. The molecular weight excluding hydrogens is 342 g/mol. The van der Waals surface area contributed by atoms with E-state index in [0.29, 0.717) is 10.6 Å². The van der Waals surface area contributed by atoms with Gasteiger partial charge < -0.3 is 10.4 Å². The van der Waals surface area contributed by atoms with Gasteiger partial charge in [-0.2, -0.15) is 0 Å². The Bertz CT molecular complexity index is 670. The number of aromatic carboxylic acids is 1. The average molecular weight is 354 g/mol. The molecule has 104 valence electrons. The van der Waals surface area contributed by atoms with Crippen LogP contribution in [0.4, 0.5) is 5.69 Å². The van der Waals surface area contributed by atoms with Crippen LogP contribution in [0.5, 0.6) is 0 Å². The van der Waals surface area contributed by atoms with Gasteiger partial charge in [-0.05, 0) is 49.2 Å². The van der Waals surface area contributed by atoms with E-state index in [0.717, 1.165) is 26.9 Å². The third kappa shape index (κ3) is 3.08. The monoisotopic (exact) mass is 353 g/mol. The number of carbonyl (C=O) groups is 2. The Morgan fingerprint density at radius 2 is 1.70 bits per heavy atom. The molecule has 0 aliphatic heterocycles. The number of hydrogen-bond donors (Lipinski definition) is 2. The number of carboxylic acid groups (broad SMARTS) is 1. The van der Waals surface area contributed by atoms with Gasteiger partial charge in [-0.15, -0.1) is 11.3 Å². The van der Waals surface area contributed by atoms with Crippen LogP contribution in [0.25, 0.3) is 0 Å². The molecule has 1 aromatic carbocycles. The first-order valence-electron chi connectivity index (χ1n) is 5.79. The fraction of sp³-hybridized carbons (Fsp3) is 0.143. The molecule has 0 aliphatic carbocycles. The molecule has 0 unspecified atom stereocenters. The molecule has 0 aliphatic rings. The lowest BCUT2D eigenvalue weighted by molar-refractivity contribution is 0.0702. The molecule has 1 amide bonds. The zero-order chi connectivity index (χ0) is 14.9. The van der Waals surface area contributed by atoms with Crippen LogP contribution in [0.1, 0.15) is 30.5 Å². The van der Waals surface area contributed by atoms with Crippen LogP contribution in [0.2, 0.25) is 0 Å². The molecule has 2 N–H and O–H groups in total. The molecule has 0 radical (unpaired) electrons. The number of anilines is 1. The van der Waals surface area contributed by atoms with Gasteiger partial charge in [0.1, 0.15) is 4.88 Å². The van der Waals surface area contributed by atoms with Gasteiger partial charge in [-0.1, -0.05) is 15.9 Å². The van der Waals surface area contributed by atoms with Crippen LogP contribution in [0.3, 0.4) is 0 Å². The number of halogens is 1. The van der Waals surface area contributed by atoms with Gasteiger partial charge in [0.25, 0.3) is 5.91 Å². The highest BCUT2D eigenvalue weighted by atomic mass is 79.9. The second-order valence-corrected chi connectivity index (χ2v) is 6.22. The SMILES string of the molecule is Cc1cc(NC(=O)c2ccc(C(=O)O)s2)cc(C)c1Br. The molecule has 4 nitrogen and oxygen atoms in total. The molecule has 1 heterocycles. The van der Waals surface area contributed by atoms with Crippen molar-refractivity contribution in [2.45, 2.75) is 13.8 Å². The Hall–Kier alpha value is -1.66. The van der Waals surface area contributed by atoms with Gasteiger partial charge in [-0.3, -0.25) is 4.79 Å². The lowest BCUT2D eigenvalue weighted by atomic mass is 10.1. The molecule has 1 aromatic heterocycles. The van der Waals surface area contributed by atoms with E-state index >= 15 is 0 Å². The molecular formula is C14H12BrNO3S. The van der Waals surface area contributed by atoms with Crippen molar-refractivity contribution < 1.29 is 14.7 Å². The molecule has 20 heavy (non-hydrogen) atoms. The summed E-state index contributed by atoms with van der Waals surface area (Å²) in [6, 6.07) is 6.67. The third-order valence-corrected chi connectivity index (χ3v) is 5.06. The third-order valence-electron chi connectivity index (χ3n) is 2.73. The van der Waals surface area contributed by atoms with Crippen molar-refractivity contribution in [1.82, 2.24) is 0 Å². The van der Waals surface area contributed by atoms with Crippen LogP contribution in [0, 0.1) is 13.8 Å². The van der Waals surface area contributed by atoms with Gasteiger partial charge >= 0.3 is 5.97 Å². The summed E-state index contributed by atoms with van der Waals surface area (Å²) in [6.45, 7) is 3.89. The van der Waals surface area contributed by atoms with Gasteiger partial charge in [0, 0.05) is 10.2 Å². The average Bonchev–Trinajstić information content (AvgIpc) is 2.85. The Labute approximate surface area is 128 Å². The Morgan fingerprint density at radius 1 is 1.15 bits per heavy atom. The zero-order valence-corrected chi connectivity index (χ0v) is 13.3. The summed E-state index contributed by atoms with van der Waals surface area (Å²) in [4.78, 5) is 23.4. The van der Waals surface area contributed by atoms with Crippen LogP contribution < -0.4 is 5.32 Å². The van der Waals surface area contributed by atoms with E-state index in [2.05, 4.69) is 21.2 Å². The Balaban J connectivity index is 2.21. The van der Waals surface area contributed by atoms with E-state index in [1.165, 1.54) is 12.1 Å². The molecule has 6 heteroatoms. The number of hydrogen-bond acceptors (Lipinski definition) is 3. The lowest BCUT2D eigenvalue weighted by Gasteiger charge is -2.08. The van der Waals surface area contributed by atoms with Gasteiger partial charge in [0.2, 0.25) is 0 Å². The van der Waals surface area contributed by atoms with Crippen molar-refractivity contribution in [2.75, 3.05) is 5.32 Å². The molecule has 0 bridgehead atoms. The normalized spacial score (nSPS) is 10.3. The molecule has 0 saturated carbocycles. The summed E-state index contributed by atoms with van der Waals surface area (Å²) < 4.78 is 1.01. The van der Waals surface area contributed by atoms with Crippen molar-refractivity contribution in [3.05, 3.63) is 49.6 Å². The smallest absolute Gasteiger partial charge is 0.345 e. The minimum atomic E-state index is -1.02. The summed E-state index contributed by atoms with van der Waals surface area (Å²) in [6.07, 6.45) is 0. The van der Waals surface area contributed by atoms with E-state index in [4.69, 9.17) is 5.11 Å². The van der Waals surface area contributed by atoms with Crippen molar-refractivity contribution in [3.8, 4) is 0 Å². The highest BCUT2D eigenvalue weighted by molar-refractivity contribution is 9.10. The van der Waals surface area contributed by atoms with E-state index in [1.807, 2.05) is 26.0 Å². The largest absolute Gasteiger partial charge is 0.477 e. The lowest BCUT2D eigenvalue weighted by Crippen LogP contribution is -2.10. The van der Waals surface area contributed by atoms with Crippen LogP contribution in [0.15, 0.2) is 28.7 Å². The van der Waals surface area contributed by atoms with Crippen molar-refractivity contribution >= 4 is 44.8 Å². The molecule has 0 saturated heterocycles. The summed E-state index contributed by atoms with van der Waals surface area (Å²) in [7, 11) is 0. The highest BCUT2D eigenvalue weighted by Gasteiger charge is 2.13. The topological polar surface area (TPSA) is 66.4 Å². The predicted octanol–water partition coefficient (Wildman–Crippen LogP) is 4.08. The van der Waals surface area contributed by atoms with Crippen LogP contribution in [-0.2, 0) is 0 Å². The maximum Gasteiger partial charge on any atom is 0.345 e. The van der Waals surface area contributed by atoms with Gasteiger partial charge in [0.05, 0.1) is 4.88 Å². The zero-order valence-electron chi connectivity index (χ0n) is 10.9. The molecule has 2 rings (SSSR count). The van der Waals surface area contributed by atoms with Crippen molar-refractivity contribution in [2.24, 2.45) is 0 Å². The van der Waals surface area contributed by atoms with E-state index in [9.17, 15) is 9.59 Å². The minimum Gasteiger partial charge on any atom is -0.477 e. The van der Waals surface area contributed by atoms with Crippen molar-refractivity contribution in [3.63, 3.8) is 0 Å². The summed E-state index contributed by atoms with van der Waals surface area (Å²) in [5, 5.41) is 11.6. The van der Waals surface area contributed by atoms with Gasteiger partial charge in [0.15, 0.2) is 0 Å². The fourth-order valence-electron chi connectivity index (χ4n) is 1.79. The van der Waals surface area contributed by atoms with E-state index in [1.54, 1.807) is 0 Å².